The summed E-state index contributed by atoms with van der Waals surface area (Å²) in [5.41, 5.74) is 3.05. The number of nitrogens with one attached hydrogen (secondary N) is 1. The van der Waals surface area contributed by atoms with Gasteiger partial charge in [0.1, 0.15) is 5.75 Å². The summed E-state index contributed by atoms with van der Waals surface area (Å²) in [6, 6.07) is 12.5. The first-order valence-corrected chi connectivity index (χ1v) is 7.33. The zero-order chi connectivity index (χ0) is 17.5. The van der Waals surface area contributed by atoms with Gasteiger partial charge in [0.2, 0.25) is 0 Å². The van der Waals surface area contributed by atoms with Crippen LogP contribution in [-0.2, 0) is 4.79 Å². The van der Waals surface area contributed by atoms with Crippen LogP contribution in [0.3, 0.4) is 0 Å². The molecule has 0 aromatic heterocycles. The molecule has 0 spiro atoms. The van der Waals surface area contributed by atoms with Gasteiger partial charge in [-0.1, -0.05) is 23.7 Å². The summed E-state index contributed by atoms with van der Waals surface area (Å²) in [6.07, 6.45) is 0.644. The van der Waals surface area contributed by atoms with E-state index in [-0.39, 0.29) is 5.69 Å². The molecule has 0 saturated carbocycles. The van der Waals surface area contributed by atoms with E-state index in [2.05, 4.69) is 10.5 Å². The van der Waals surface area contributed by atoms with Crippen molar-refractivity contribution in [3.05, 3.63) is 69.2 Å². The topological polar surface area (TPSA) is 93.8 Å². The van der Waals surface area contributed by atoms with Crippen molar-refractivity contribution < 1.29 is 14.5 Å². The van der Waals surface area contributed by atoms with Crippen molar-refractivity contribution in [1.82, 2.24) is 5.43 Å². The SMILES string of the molecule is CC(Oc1ccc([N+](=O)[O-])cc1)C(=O)N/N=C/c1cccc(Cl)c1. The van der Waals surface area contributed by atoms with Gasteiger partial charge in [-0.2, -0.15) is 5.10 Å². The molecule has 1 N–H and O–H groups in total. The second-order valence-electron chi connectivity index (χ2n) is 4.80. The Labute approximate surface area is 143 Å². The van der Waals surface area contributed by atoms with Crippen molar-refractivity contribution in [2.24, 2.45) is 5.10 Å². The van der Waals surface area contributed by atoms with Gasteiger partial charge >= 0.3 is 0 Å². The molecule has 0 aliphatic carbocycles. The molecule has 8 heteroatoms. The number of non-ortho nitro benzene ring substituents is 1. The number of hydrogen-bond acceptors (Lipinski definition) is 5. The minimum Gasteiger partial charge on any atom is -0.481 e. The van der Waals surface area contributed by atoms with E-state index >= 15 is 0 Å². The number of amides is 1. The van der Waals surface area contributed by atoms with E-state index in [0.29, 0.717) is 10.8 Å². The number of nitrogens with zero attached hydrogens (tertiary/aromatic N) is 2. The lowest BCUT2D eigenvalue weighted by molar-refractivity contribution is -0.384. The zero-order valence-electron chi connectivity index (χ0n) is 12.7. The van der Waals surface area contributed by atoms with Crippen LogP contribution < -0.4 is 10.2 Å². The second-order valence-corrected chi connectivity index (χ2v) is 5.24. The van der Waals surface area contributed by atoms with E-state index in [0.717, 1.165) is 5.56 Å². The molecule has 0 aliphatic heterocycles. The third kappa shape index (κ3) is 5.06. The molecule has 1 amide bonds. The van der Waals surface area contributed by atoms with Crippen LogP contribution in [-0.4, -0.2) is 23.1 Å². The number of rotatable bonds is 6. The molecule has 1 unspecified atom stereocenters. The Morgan fingerprint density at radius 3 is 2.67 bits per heavy atom. The number of hydrogen-bond donors (Lipinski definition) is 1. The monoisotopic (exact) mass is 347 g/mol. The average Bonchev–Trinajstić information content (AvgIpc) is 2.55. The highest BCUT2D eigenvalue weighted by Gasteiger charge is 2.14. The summed E-state index contributed by atoms with van der Waals surface area (Å²) in [5, 5.41) is 15.0. The standard InChI is InChI=1S/C16H14ClN3O4/c1-11(24-15-7-5-14(6-8-15)20(22)23)16(21)19-18-10-12-3-2-4-13(17)9-12/h2-11H,1H3,(H,19,21)/b18-10+. The van der Waals surface area contributed by atoms with Gasteiger partial charge in [0.25, 0.3) is 11.6 Å². The Morgan fingerprint density at radius 1 is 1.33 bits per heavy atom. The molecule has 2 rings (SSSR count). The minimum absolute atomic E-state index is 0.0504. The number of benzene rings is 2. The van der Waals surface area contributed by atoms with Gasteiger partial charge in [0.15, 0.2) is 6.10 Å². The molecule has 124 valence electrons. The summed E-state index contributed by atoms with van der Waals surface area (Å²) < 4.78 is 5.40. The Balaban J connectivity index is 1.88. The number of hydrazone groups is 1. The van der Waals surface area contributed by atoms with Crippen LogP contribution in [0.15, 0.2) is 53.6 Å². The average molecular weight is 348 g/mol. The third-order valence-electron chi connectivity index (χ3n) is 2.97. The lowest BCUT2D eigenvalue weighted by Gasteiger charge is -2.12. The zero-order valence-corrected chi connectivity index (χ0v) is 13.4. The fourth-order valence-corrected chi connectivity index (χ4v) is 1.95. The lowest BCUT2D eigenvalue weighted by Crippen LogP contribution is -2.33. The Kier molecular flexibility index (Phi) is 5.86. The van der Waals surface area contributed by atoms with Crippen LogP contribution in [0.5, 0.6) is 5.75 Å². The molecule has 24 heavy (non-hydrogen) atoms. The van der Waals surface area contributed by atoms with Crippen molar-refractivity contribution in [1.29, 1.82) is 0 Å². The number of ether oxygens (including phenoxy) is 1. The predicted molar refractivity (Wildman–Crippen MR) is 90.4 cm³/mol. The molecule has 2 aromatic carbocycles. The summed E-state index contributed by atoms with van der Waals surface area (Å²) in [7, 11) is 0. The lowest BCUT2D eigenvalue weighted by atomic mass is 10.2. The van der Waals surface area contributed by atoms with E-state index in [1.165, 1.54) is 30.5 Å². The van der Waals surface area contributed by atoms with Crippen molar-refractivity contribution in [3.8, 4) is 5.75 Å². The van der Waals surface area contributed by atoms with Crippen LogP contribution in [0.4, 0.5) is 5.69 Å². The fraction of sp³-hybridized carbons (Fsp3) is 0.125. The van der Waals surface area contributed by atoms with E-state index < -0.39 is 16.9 Å². The molecule has 0 aliphatic rings. The van der Waals surface area contributed by atoms with Gasteiger partial charge in [-0.15, -0.1) is 0 Å². The molecule has 0 saturated heterocycles. The van der Waals surface area contributed by atoms with Gasteiger partial charge < -0.3 is 4.74 Å². The van der Waals surface area contributed by atoms with Crippen molar-refractivity contribution in [2.45, 2.75) is 13.0 Å². The first-order valence-electron chi connectivity index (χ1n) is 6.95. The predicted octanol–water partition coefficient (Wildman–Crippen LogP) is 3.17. The van der Waals surface area contributed by atoms with Crippen LogP contribution in [0.25, 0.3) is 0 Å². The molecule has 1 atom stereocenters. The molecular weight excluding hydrogens is 334 g/mol. The highest BCUT2D eigenvalue weighted by Crippen LogP contribution is 2.18. The van der Waals surface area contributed by atoms with E-state index in [9.17, 15) is 14.9 Å². The Bertz CT molecular complexity index is 762. The van der Waals surface area contributed by atoms with Crippen LogP contribution in [0, 0.1) is 10.1 Å². The van der Waals surface area contributed by atoms with Gasteiger partial charge in [0, 0.05) is 17.2 Å². The van der Waals surface area contributed by atoms with Crippen molar-refractivity contribution >= 4 is 29.4 Å². The smallest absolute Gasteiger partial charge is 0.280 e. The molecular formula is C16H14ClN3O4. The van der Waals surface area contributed by atoms with Gasteiger partial charge in [-0.3, -0.25) is 14.9 Å². The van der Waals surface area contributed by atoms with E-state index in [1.54, 1.807) is 31.2 Å². The Morgan fingerprint density at radius 2 is 2.04 bits per heavy atom. The second kappa shape index (κ2) is 8.07. The van der Waals surface area contributed by atoms with Crippen molar-refractivity contribution in [3.63, 3.8) is 0 Å². The number of halogens is 1. The molecule has 0 fully saturated rings. The van der Waals surface area contributed by atoms with Gasteiger partial charge in [0.05, 0.1) is 11.1 Å². The maximum Gasteiger partial charge on any atom is 0.280 e. The fourth-order valence-electron chi connectivity index (χ4n) is 1.75. The largest absolute Gasteiger partial charge is 0.481 e. The van der Waals surface area contributed by atoms with Crippen LogP contribution >= 0.6 is 11.6 Å². The maximum absolute atomic E-state index is 11.9. The molecule has 7 nitrogen and oxygen atoms in total. The number of carbonyl (C=O) groups excluding carboxylic acids is 1. The van der Waals surface area contributed by atoms with E-state index in [4.69, 9.17) is 16.3 Å². The number of carbonyl (C=O) groups is 1. The molecule has 0 radical (unpaired) electrons. The number of nitro groups is 1. The first-order chi connectivity index (χ1) is 11.5. The molecule has 0 bridgehead atoms. The van der Waals surface area contributed by atoms with Gasteiger partial charge in [-0.05, 0) is 36.8 Å². The number of nitro benzene ring substituents is 1. The highest BCUT2D eigenvalue weighted by molar-refractivity contribution is 6.30. The van der Waals surface area contributed by atoms with Crippen molar-refractivity contribution in [2.75, 3.05) is 0 Å². The van der Waals surface area contributed by atoms with Gasteiger partial charge in [-0.25, -0.2) is 5.43 Å². The molecule has 0 heterocycles. The normalized spacial score (nSPS) is 11.9. The van der Waals surface area contributed by atoms with Crippen LogP contribution in [0.1, 0.15) is 12.5 Å². The minimum atomic E-state index is -0.817. The molecule has 2 aromatic rings. The summed E-state index contributed by atoms with van der Waals surface area (Å²) >= 11 is 5.85. The third-order valence-corrected chi connectivity index (χ3v) is 3.20. The Hall–Kier alpha value is -2.93. The van der Waals surface area contributed by atoms with Crippen LogP contribution in [0.2, 0.25) is 5.02 Å². The maximum atomic E-state index is 11.9. The quantitative estimate of drug-likeness (QED) is 0.493. The highest BCUT2D eigenvalue weighted by atomic mass is 35.5. The van der Waals surface area contributed by atoms with E-state index in [1.807, 2.05) is 0 Å². The summed E-state index contributed by atoms with van der Waals surface area (Å²) in [5.74, 6) is -0.103. The summed E-state index contributed by atoms with van der Waals surface area (Å²) in [4.78, 5) is 22.0. The summed E-state index contributed by atoms with van der Waals surface area (Å²) in [6.45, 7) is 1.55. The first kappa shape index (κ1) is 17.4.